The number of fused-ring (bicyclic) bond motifs is 6. The molecule has 0 radical (unpaired) electrons. The van der Waals surface area contributed by atoms with Gasteiger partial charge in [-0.1, -0.05) is 55.8 Å². The summed E-state index contributed by atoms with van der Waals surface area (Å²) in [6.07, 6.45) is 1.02. The molecule has 0 spiro atoms. The van der Waals surface area contributed by atoms with Gasteiger partial charge in [-0.05, 0) is 29.7 Å². The number of imidazole rings is 1. The zero-order valence-corrected chi connectivity index (χ0v) is 15.0. The van der Waals surface area contributed by atoms with Crippen LogP contribution in [-0.2, 0) is 0 Å². The molecule has 2 heterocycles. The van der Waals surface area contributed by atoms with Crippen molar-refractivity contribution in [1.82, 2.24) is 14.9 Å². The summed E-state index contributed by atoms with van der Waals surface area (Å²) < 4.78 is 0. The van der Waals surface area contributed by atoms with Gasteiger partial charge in [0.15, 0.2) is 5.82 Å². The molecular weight excluding hydrogens is 334 g/mol. The van der Waals surface area contributed by atoms with Crippen molar-refractivity contribution in [3.05, 3.63) is 64.4 Å². The summed E-state index contributed by atoms with van der Waals surface area (Å²) in [5, 5.41) is 0.561. The number of carbonyl (C=O) groups excluding carboxylic acids is 1. The number of rotatable bonds is 1. The second-order valence-corrected chi connectivity index (χ2v) is 6.66. The predicted molar refractivity (Wildman–Crippen MR) is 100 cm³/mol. The molecule has 2 bridgehead atoms. The van der Waals surface area contributed by atoms with Crippen molar-refractivity contribution >= 4 is 28.5 Å². The van der Waals surface area contributed by atoms with Crippen LogP contribution in [0.5, 0.6) is 0 Å². The summed E-state index contributed by atoms with van der Waals surface area (Å²) in [6, 6.07) is 14.1. The Morgan fingerprint density at radius 3 is 2.68 bits per heavy atom. The first-order valence-corrected chi connectivity index (χ1v) is 9.14. The number of hydrogen-bond donors (Lipinski definition) is 1. The standard InChI is InChI=1S/C18H14ClN3O.C2H6/c19-13-6-3-7-14-16(13)21-17(20-14)18(23)22-9-10-8-15(22)12-5-2-1-4-11(10)12;1-2/h1-7,10,15H,8-9H2,(H,20,21);1-2H3. The molecule has 1 N–H and O–H groups in total. The molecule has 1 fully saturated rings. The minimum atomic E-state index is -0.0423. The lowest BCUT2D eigenvalue weighted by atomic mass is 9.99. The maximum atomic E-state index is 12.9. The van der Waals surface area contributed by atoms with Gasteiger partial charge in [-0.15, -0.1) is 0 Å². The van der Waals surface area contributed by atoms with Gasteiger partial charge < -0.3 is 9.88 Å². The van der Waals surface area contributed by atoms with Gasteiger partial charge in [0.1, 0.15) is 5.52 Å². The van der Waals surface area contributed by atoms with Crippen molar-refractivity contribution in [2.45, 2.75) is 32.2 Å². The van der Waals surface area contributed by atoms with Crippen molar-refractivity contribution in [2.75, 3.05) is 6.54 Å². The van der Waals surface area contributed by atoms with Gasteiger partial charge in [-0.3, -0.25) is 4.79 Å². The van der Waals surface area contributed by atoms with Gasteiger partial charge in [0.05, 0.1) is 16.6 Å². The van der Waals surface area contributed by atoms with Crippen molar-refractivity contribution < 1.29 is 4.79 Å². The Morgan fingerprint density at radius 2 is 1.92 bits per heavy atom. The van der Waals surface area contributed by atoms with E-state index in [1.165, 1.54) is 11.1 Å². The van der Waals surface area contributed by atoms with Crippen molar-refractivity contribution in [1.29, 1.82) is 0 Å². The third kappa shape index (κ3) is 2.44. The number of likely N-dealkylation sites (tertiary alicyclic amines) is 1. The van der Waals surface area contributed by atoms with E-state index in [9.17, 15) is 4.79 Å². The Morgan fingerprint density at radius 1 is 1.16 bits per heavy atom. The number of aromatic nitrogens is 2. The van der Waals surface area contributed by atoms with E-state index in [0.29, 0.717) is 22.3 Å². The number of para-hydroxylation sites is 1. The molecule has 2 unspecified atom stereocenters. The molecule has 5 heteroatoms. The highest BCUT2D eigenvalue weighted by Gasteiger charge is 2.44. The van der Waals surface area contributed by atoms with Crippen LogP contribution in [0.15, 0.2) is 42.5 Å². The minimum Gasteiger partial charge on any atom is -0.334 e. The Balaban J connectivity index is 0.000000758. The van der Waals surface area contributed by atoms with Gasteiger partial charge in [-0.25, -0.2) is 4.98 Å². The van der Waals surface area contributed by atoms with Crippen LogP contribution in [0.1, 0.15) is 54.0 Å². The molecule has 1 aromatic heterocycles. The second-order valence-electron chi connectivity index (χ2n) is 6.26. The summed E-state index contributed by atoms with van der Waals surface area (Å²) in [6.45, 7) is 4.77. The first kappa shape index (κ1) is 16.2. The van der Waals surface area contributed by atoms with E-state index < -0.39 is 0 Å². The zero-order valence-electron chi connectivity index (χ0n) is 14.3. The Kier molecular flexibility index (Phi) is 4.00. The van der Waals surface area contributed by atoms with Crippen LogP contribution in [-0.4, -0.2) is 27.3 Å². The third-order valence-corrected chi connectivity index (χ3v) is 5.33. The van der Waals surface area contributed by atoms with Crippen molar-refractivity contribution in [3.63, 3.8) is 0 Å². The molecule has 2 aliphatic rings. The predicted octanol–water partition coefficient (Wildman–Crippen LogP) is 4.93. The average Bonchev–Trinajstić information content (AvgIpc) is 3.36. The molecule has 2 aromatic carbocycles. The second kappa shape index (κ2) is 6.19. The van der Waals surface area contributed by atoms with Gasteiger partial charge in [0.2, 0.25) is 0 Å². The van der Waals surface area contributed by atoms with E-state index >= 15 is 0 Å². The molecular formula is C20H20ClN3O. The maximum Gasteiger partial charge on any atom is 0.290 e. The Bertz CT molecular complexity index is 949. The molecule has 2 atom stereocenters. The average molecular weight is 354 g/mol. The van der Waals surface area contributed by atoms with Gasteiger partial charge in [0.25, 0.3) is 5.91 Å². The van der Waals surface area contributed by atoms with Crippen LogP contribution in [0.3, 0.4) is 0 Å². The van der Waals surface area contributed by atoms with Gasteiger partial charge in [0, 0.05) is 12.5 Å². The van der Waals surface area contributed by atoms with Crippen LogP contribution in [0, 0.1) is 0 Å². The summed E-state index contributed by atoms with van der Waals surface area (Å²) in [7, 11) is 0. The van der Waals surface area contributed by atoms with E-state index in [0.717, 1.165) is 18.5 Å². The lowest BCUT2D eigenvalue weighted by molar-refractivity contribution is 0.0717. The van der Waals surface area contributed by atoms with Gasteiger partial charge >= 0.3 is 0 Å². The van der Waals surface area contributed by atoms with E-state index in [1.807, 2.05) is 36.9 Å². The Labute approximate surface area is 151 Å². The molecule has 5 rings (SSSR count). The number of aromatic amines is 1. The number of nitrogens with zero attached hydrogens (tertiary/aromatic N) is 2. The fourth-order valence-electron chi connectivity index (χ4n) is 4.00. The first-order valence-electron chi connectivity index (χ1n) is 8.76. The maximum absolute atomic E-state index is 12.9. The molecule has 0 saturated carbocycles. The van der Waals surface area contributed by atoms with E-state index in [1.54, 1.807) is 6.07 Å². The molecule has 1 saturated heterocycles. The van der Waals surface area contributed by atoms with Gasteiger partial charge in [-0.2, -0.15) is 0 Å². The highest BCUT2D eigenvalue weighted by atomic mass is 35.5. The quantitative estimate of drug-likeness (QED) is 0.674. The Hall–Kier alpha value is -2.33. The summed E-state index contributed by atoms with van der Waals surface area (Å²) in [5.41, 5.74) is 4.13. The van der Waals surface area contributed by atoms with Crippen LogP contribution < -0.4 is 0 Å². The van der Waals surface area contributed by atoms with E-state index in [2.05, 4.69) is 28.2 Å². The van der Waals surface area contributed by atoms with E-state index in [-0.39, 0.29) is 11.9 Å². The highest BCUT2D eigenvalue weighted by molar-refractivity contribution is 6.35. The van der Waals surface area contributed by atoms with Crippen LogP contribution >= 0.6 is 11.6 Å². The molecule has 128 valence electrons. The summed E-state index contributed by atoms with van der Waals surface area (Å²) >= 11 is 6.16. The number of amides is 1. The third-order valence-electron chi connectivity index (χ3n) is 5.02. The molecule has 3 aromatic rings. The van der Waals surface area contributed by atoms with E-state index in [4.69, 9.17) is 11.6 Å². The number of H-pyrrole nitrogens is 1. The fraction of sp³-hybridized carbons (Fsp3) is 0.300. The number of carbonyl (C=O) groups is 1. The topological polar surface area (TPSA) is 49.0 Å². The number of hydrogen-bond acceptors (Lipinski definition) is 2. The number of nitrogens with one attached hydrogen (secondary N) is 1. The van der Waals surface area contributed by atoms with Crippen LogP contribution in [0.25, 0.3) is 11.0 Å². The van der Waals surface area contributed by atoms with Crippen molar-refractivity contribution in [3.8, 4) is 0 Å². The molecule has 1 aliphatic carbocycles. The van der Waals surface area contributed by atoms with Crippen LogP contribution in [0.2, 0.25) is 5.02 Å². The zero-order chi connectivity index (χ0) is 17.6. The summed E-state index contributed by atoms with van der Waals surface area (Å²) in [5.74, 6) is 0.783. The highest BCUT2D eigenvalue weighted by Crippen LogP contribution is 2.50. The summed E-state index contributed by atoms with van der Waals surface area (Å²) in [4.78, 5) is 22.4. The number of halogens is 1. The fourth-order valence-corrected chi connectivity index (χ4v) is 4.22. The normalized spacial score (nSPS) is 20.4. The molecule has 25 heavy (non-hydrogen) atoms. The molecule has 1 amide bonds. The largest absolute Gasteiger partial charge is 0.334 e. The minimum absolute atomic E-state index is 0.0423. The smallest absolute Gasteiger partial charge is 0.290 e. The van der Waals surface area contributed by atoms with Crippen LogP contribution in [0.4, 0.5) is 0 Å². The monoisotopic (exact) mass is 353 g/mol. The lowest BCUT2D eigenvalue weighted by Gasteiger charge is -2.28. The number of benzene rings is 2. The lowest BCUT2D eigenvalue weighted by Crippen LogP contribution is -2.34. The van der Waals surface area contributed by atoms with Crippen molar-refractivity contribution in [2.24, 2.45) is 0 Å². The first-order chi connectivity index (χ1) is 12.2. The molecule has 4 nitrogen and oxygen atoms in total. The SMILES string of the molecule is CC.O=C(c1nc2c(Cl)cccc2[nH]1)N1CC2CC1c1ccccc12. The molecule has 1 aliphatic heterocycles.